The van der Waals surface area contributed by atoms with Crippen molar-refractivity contribution in [3.63, 3.8) is 0 Å². The minimum atomic E-state index is -3.43. The summed E-state index contributed by atoms with van der Waals surface area (Å²) in [6.45, 7) is 5.58. The fraction of sp³-hybridized carbons (Fsp3) is 0.333. The lowest BCUT2D eigenvalue weighted by Gasteiger charge is -2.29. The number of ether oxygens (including phenoxy) is 2. The summed E-state index contributed by atoms with van der Waals surface area (Å²) in [5, 5.41) is 7.56. The van der Waals surface area contributed by atoms with Crippen molar-refractivity contribution < 1.29 is 17.9 Å². The van der Waals surface area contributed by atoms with Crippen LogP contribution >= 0.6 is 0 Å². The Morgan fingerprint density at radius 2 is 1.90 bits per heavy atom. The highest BCUT2D eigenvalue weighted by Gasteiger charge is 2.19. The van der Waals surface area contributed by atoms with E-state index >= 15 is 0 Å². The normalized spacial score (nSPS) is 13.9. The number of hydrogen-bond acceptors (Lipinski definition) is 9. The van der Waals surface area contributed by atoms with Crippen LogP contribution in [0, 0.1) is 0 Å². The van der Waals surface area contributed by atoms with Crippen LogP contribution in [-0.2, 0) is 21.3 Å². The number of hydrogen-bond donors (Lipinski definition) is 3. The molecule has 5 rings (SSSR count). The fourth-order valence-corrected chi connectivity index (χ4v) is 5.71. The molecular formula is C27H33N7O4S. The number of sulfonamides is 1. The molecular weight excluding hydrogens is 518 g/mol. The van der Waals surface area contributed by atoms with E-state index < -0.39 is 10.0 Å². The zero-order valence-corrected chi connectivity index (χ0v) is 23.1. The first-order chi connectivity index (χ1) is 18.9. The van der Waals surface area contributed by atoms with Gasteiger partial charge in [0.2, 0.25) is 16.0 Å². The number of aromatic amines is 1. The Balaban J connectivity index is 1.41. The van der Waals surface area contributed by atoms with Gasteiger partial charge in [-0.05, 0) is 37.3 Å². The predicted octanol–water partition coefficient (Wildman–Crippen LogP) is 3.94. The van der Waals surface area contributed by atoms with Crippen molar-refractivity contribution in [1.82, 2.24) is 15.0 Å². The summed E-state index contributed by atoms with van der Waals surface area (Å²) in [7, 11) is -1.79. The summed E-state index contributed by atoms with van der Waals surface area (Å²) in [5.74, 6) is 1.10. The number of morpholine rings is 1. The molecule has 0 atom stereocenters. The Kier molecular flexibility index (Phi) is 7.75. The van der Waals surface area contributed by atoms with Crippen molar-refractivity contribution in [2.45, 2.75) is 13.5 Å². The first-order valence-electron chi connectivity index (χ1n) is 12.8. The smallest absolute Gasteiger partial charge is 0.232 e. The van der Waals surface area contributed by atoms with Gasteiger partial charge in [-0.3, -0.25) is 4.31 Å². The van der Waals surface area contributed by atoms with Crippen LogP contribution < -0.4 is 24.6 Å². The molecule has 3 N–H and O–H groups in total. The Bertz CT molecular complexity index is 1550. The lowest BCUT2D eigenvalue weighted by atomic mass is 10.2. The summed E-state index contributed by atoms with van der Waals surface area (Å²) in [5.41, 5.74) is 4.54. The van der Waals surface area contributed by atoms with E-state index in [1.54, 1.807) is 13.2 Å². The number of benzene rings is 2. The second kappa shape index (κ2) is 11.4. The Hall–Kier alpha value is -4.03. The van der Waals surface area contributed by atoms with E-state index in [-0.39, 0.29) is 0 Å². The highest BCUT2D eigenvalue weighted by Crippen LogP contribution is 2.33. The van der Waals surface area contributed by atoms with Crippen LogP contribution in [0.25, 0.3) is 11.0 Å². The zero-order chi connectivity index (χ0) is 27.4. The number of anilines is 5. The minimum absolute atomic E-state index is 0.327. The SMILES string of the molecule is CCN(c1ccccc1NCc1nc(Nc2ccc(N3CCOCC3)cc2OC)nc2[nH]ccc12)S(C)(=O)=O. The van der Waals surface area contributed by atoms with Gasteiger partial charge < -0.3 is 30.0 Å². The van der Waals surface area contributed by atoms with E-state index in [1.807, 2.05) is 55.6 Å². The molecule has 11 nitrogen and oxygen atoms in total. The van der Waals surface area contributed by atoms with Gasteiger partial charge in [0.25, 0.3) is 0 Å². The molecule has 0 unspecified atom stereocenters. The third kappa shape index (κ3) is 5.86. The zero-order valence-electron chi connectivity index (χ0n) is 22.3. The van der Waals surface area contributed by atoms with Crippen LogP contribution in [0.15, 0.2) is 54.7 Å². The van der Waals surface area contributed by atoms with Crippen molar-refractivity contribution >= 4 is 49.8 Å². The van der Waals surface area contributed by atoms with Crippen LogP contribution in [0.2, 0.25) is 0 Å². The number of para-hydroxylation sites is 2. The van der Waals surface area contributed by atoms with Crippen molar-refractivity contribution in [2.75, 3.05) is 66.1 Å². The number of methoxy groups -OCH3 is 1. The van der Waals surface area contributed by atoms with Crippen molar-refractivity contribution in [3.8, 4) is 5.75 Å². The molecule has 206 valence electrons. The molecule has 0 radical (unpaired) electrons. The van der Waals surface area contributed by atoms with Crippen LogP contribution in [0.5, 0.6) is 5.75 Å². The van der Waals surface area contributed by atoms with E-state index in [4.69, 9.17) is 14.5 Å². The lowest BCUT2D eigenvalue weighted by molar-refractivity contribution is 0.122. The summed E-state index contributed by atoms with van der Waals surface area (Å²) >= 11 is 0. The second-order valence-electron chi connectivity index (χ2n) is 9.14. The quantitative estimate of drug-likeness (QED) is 0.269. The summed E-state index contributed by atoms with van der Waals surface area (Å²) < 4.78 is 37.2. The largest absolute Gasteiger partial charge is 0.494 e. The monoisotopic (exact) mass is 551 g/mol. The van der Waals surface area contributed by atoms with E-state index in [1.165, 1.54) is 10.6 Å². The van der Waals surface area contributed by atoms with Crippen LogP contribution in [0.1, 0.15) is 12.6 Å². The van der Waals surface area contributed by atoms with Gasteiger partial charge >= 0.3 is 0 Å². The maximum absolute atomic E-state index is 12.4. The number of fused-ring (bicyclic) bond motifs is 1. The molecule has 0 saturated carbocycles. The minimum Gasteiger partial charge on any atom is -0.494 e. The third-order valence-electron chi connectivity index (χ3n) is 6.61. The van der Waals surface area contributed by atoms with Gasteiger partial charge in [0, 0.05) is 43.0 Å². The second-order valence-corrected chi connectivity index (χ2v) is 11.0. The fourth-order valence-electron chi connectivity index (χ4n) is 4.72. The number of nitrogens with one attached hydrogen (secondary N) is 3. The molecule has 1 aliphatic rings. The average molecular weight is 552 g/mol. The molecule has 2 aromatic carbocycles. The average Bonchev–Trinajstić information content (AvgIpc) is 3.41. The highest BCUT2D eigenvalue weighted by atomic mass is 32.2. The summed E-state index contributed by atoms with van der Waals surface area (Å²) in [4.78, 5) is 14.9. The van der Waals surface area contributed by atoms with Gasteiger partial charge in [-0.15, -0.1) is 0 Å². The van der Waals surface area contributed by atoms with Crippen molar-refractivity contribution in [3.05, 3.63) is 60.4 Å². The molecule has 0 bridgehead atoms. The van der Waals surface area contributed by atoms with Crippen molar-refractivity contribution in [1.29, 1.82) is 0 Å². The van der Waals surface area contributed by atoms with Gasteiger partial charge in [-0.2, -0.15) is 4.98 Å². The van der Waals surface area contributed by atoms with Crippen LogP contribution in [0.3, 0.4) is 0 Å². The number of rotatable bonds is 10. The van der Waals surface area contributed by atoms with Crippen LogP contribution in [-0.4, -0.2) is 69.6 Å². The summed E-state index contributed by atoms with van der Waals surface area (Å²) in [6.07, 6.45) is 3.03. The van der Waals surface area contributed by atoms with Gasteiger partial charge in [-0.25, -0.2) is 13.4 Å². The van der Waals surface area contributed by atoms with E-state index in [0.29, 0.717) is 55.0 Å². The van der Waals surface area contributed by atoms with E-state index in [0.717, 1.165) is 35.5 Å². The number of H-pyrrole nitrogens is 1. The maximum atomic E-state index is 12.4. The maximum Gasteiger partial charge on any atom is 0.232 e. The molecule has 0 amide bonds. The number of aromatic nitrogens is 3. The third-order valence-corrected chi connectivity index (χ3v) is 7.86. The lowest BCUT2D eigenvalue weighted by Crippen LogP contribution is -2.36. The van der Waals surface area contributed by atoms with Gasteiger partial charge in [0.05, 0.1) is 55.9 Å². The molecule has 12 heteroatoms. The molecule has 4 aromatic rings. The van der Waals surface area contributed by atoms with Gasteiger partial charge in [0.15, 0.2) is 0 Å². The first kappa shape index (κ1) is 26.6. The van der Waals surface area contributed by atoms with E-state index in [9.17, 15) is 8.42 Å². The molecule has 0 aliphatic carbocycles. The Labute approximate surface area is 228 Å². The predicted molar refractivity (Wildman–Crippen MR) is 155 cm³/mol. The molecule has 1 fully saturated rings. The number of nitrogens with zero attached hydrogens (tertiary/aromatic N) is 4. The molecule has 0 spiro atoms. The first-order valence-corrected chi connectivity index (χ1v) is 14.6. The molecule has 1 aliphatic heterocycles. The van der Waals surface area contributed by atoms with E-state index in [2.05, 4.69) is 25.5 Å². The van der Waals surface area contributed by atoms with Crippen LogP contribution in [0.4, 0.5) is 28.7 Å². The van der Waals surface area contributed by atoms with Gasteiger partial charge in [0.1, 0.15) is 11.4 Å². The highest BCUT2D eigenvalue weighted by molar-refractivity contribution is 7.92. The molecule has 39 heavy (non-hydrogen) atoms. The Morgan fingerprint density at radius 3 is 2.64 bits per heavy atom. The van der Waals surface area contributed by atoms with Crippen molar-refractivity contribution in [2.24, 2.45) is 0 Å². The summed E-state index contributed by atoms with van der Waals surface area (Å²) in [6, 6.07) is 15.3. The standard InChI is InChI=1S/C27H33N7O4S/c1-4-34(39(3,35)36)24-8-6-5-7-21(24)29-18-23-20-11-12-28-26(20)32-27(31-23)30-22-10-9-19(17-25(22)37-2)33-13-15-38-16-14-33/h5-12,17,29H,4,13-16,18H2,1-3H3,(H2,28,30,31,32). The molecule has 3 heterocycles. The molecule has 2 aromatic heterocycles. The topological polar surface area (TPSA) is 125 Å². The molecule has 1 saturated heterocycles. The van der Waals surface area contributed by atoms with Gasteiger partial charge in [-0.1, -0.05) is 12.1 Å². The Morgan fingerprint density at radius 1 is 1.10 bits per heavy atom.